The Labute approximate surface area is 136 Å². The summed E-state index contributed by atoms with van der Waals surface area (Å²) < 4.78 is 0. The molecular formula is C16H13N5OS. The Hall–Kier alpha value is -2.80. The number of hydrogen-bond acceptors (Lipinski definition) is 6. The maximum atomic E-state index is 11.4. The van der Waals surface area contributed by atoms with Crippen LogP contribution in [0.4, 0.5) is 17.3 Å². The average Bonchev–Trinajstić information content (AvgIpc) is 3.12. The summed E-state index contributed by atoms with van der Waals surface area (Å²) in [6.07, 6.45) is 3.95. The van der Waals surface area contributed by atoms with Crippen molar-refractivity contribution in [1.82, 2.24) is 15.0 Å². The van der Waals surface area contributed by atoms with E-state index in [0.29, 0.717) is 12.4 Å². The summed E-state index contributed by atoms with van der Waals surface area (Å²) in [6.45, 7) is 2.02. The third-order valence-corrected chi connectivity index (χ3v) is 4.42. The Morgan fingerprint density at radius 1 is 1.26 bits per heavy atom. The first-order valence-corrected chi connectivity index (χ1v) is 7.95. The highest BCUT2D eigenvalue weighted by molar-refractivity contribution is 7.14. The molecule has 0 aliphatic carbocycles. The van der Waals surface area contributed by atoms with Gasteiger partial charge in [0.25, 0.3) is 0 Å². The highest BCUT2D eigenvalue weighted by atomic mass is 32.1. The Balaban J connectivity index is 1.60. The van der Waals surface area contributed by atoms with Gasteiger partial charge in [-0.15, -0.1) is 11.3 Å². The smallest absolute Gasteiger partial charge is 0.228 e. The molecule has 1 aliphatic heterocycles. The van der Waals surface area contributed by atoms with Gasteiger partial charge in [0.2, 0.25) is 11.9 Å². The summed E-state index contributed by atoms with van der Waals surface area (Å²) in [5.41, 5.74) is 3.49. The highest BCUT2D eigenvalue weighted by Crippen LogP contribution is 2.28. The van der Waals surface area contributed by atoms with Crippen molar-refractivity contribution in [3.05, 3.63) is 47.1 Å². The largest absolute Gasteiger partial charge is 0.326 e. The van der Waals surface area contributed by atoms with Crippen molar-refractivity contribution in [2.75, 3.05) is 10.6 Å². The molecule has 1 aromatic carbocycles. The van der Waals surface area contributed by atoms with Crippen LogP contribution in [0.2, 0.25) is 0 Å². The molecule has 6 nitrogen and oxygen atoms in total. The molecule has 2 N–H and O–H groups in total. The Morgan fingerprint density at radius 2 is 2.17 bits per heavy atom. The van der Waals surface area contributed by atoms with Gasteiger partial charge >= 0.3 is 0 Å². The second kappa shape index (κ2) is 5.44. The second-order valence-corrected chi connectivity index (χ2v) is 6.50. The van der Waals surface area contributed by atoms with E-state index in [1.807, 2.05) is 37.4 Å². The molecule has 0 saturated heterocycles. The number of aromatic nitrogens is 3. The number of thiazole rings is 1. The van der Waals surface area contributed by atoms with Crippen LogP contribution in [0.3, 0.4) is 0 Å². The molecule has 0 saturated carbocycles. The minimum Gasteiger partial charge on any atom is -0.326 e. The lowest BCUT2D eigenvalue weighted by atomic mass is 10.1. The first kappa shape index (κ1) is 13.8. The van der Waals surface area contributed by atoms with Crippen molar-refractivity contribution < 1.29 is 4.79 Å². The van der Waals surface area contributed by atoms with Gasteiger partial charge in [-0.1, -0.05) is 0 Å². The zero-order chi connectivity index (χ0) is 15.8. The van der Waals surface area contributed by atoms with Gasteiger partial charge in [-0.2, -0.15) is 0 Å². The van der Waals surface area contributed by atoms with Crippen molar-refractivity contribution >= 4 is 34.6 Å². The predicted octanol–water partition coefficient (Wildman–Crippen LogP) is 3.15. The topological polar surface area (TPSA) is 79.8 Å². The number of nitrogens with one attached hydrogen (secondary N) is 2. The van der Waals surface area contributed by atoms with E-state index in [-0.39, 0.29) is 5.91 Å². The Kier molecular flexibility index (Phi) is 3.27. The van der Waals surface area contributed by atoms with Gasteiger partial charge in [0.1, 0.15) is 10.7 Å². The number of hydrogen-bond donors (Lipinski definition) is 2. The number of benzene rings is 1. The zero-order valence-electron chi connectivity index (χ0n) is 12.3. The van der Waals surface area contributed by atoms with E-state index in [0.717, 1.165) is 32.5 Å². The van der Waals surface area contributed by atoms with E-state index < -0.39 is 0 Å². The fourth-order valence-electron chi connectivity index (χ4n) is 2.45. The first-order chi connectivity index (χ1) is 11.2. The number of carbonyl (C=O) groups excluding carboxylic acids is 1. The fraction of sp³-hybridized carbons (Fsp3) is 0.125. The van der Waals surface area contributed by atoms with Crippen LogP contribution in [-0.4, -0.2) is 20.9 Å². The van der Waals surface area contributed by atoms with Crippen LogP contribution >= 0.6 is 11.3 Å². The molecule has 1 aliphatic rings. The molecule has 0 radical (unpaired) electrons. The number of carbonyl (C=O) groups is 1. The summed E-state index contributed by atoms with van der Waals surface area (Å²) in [7, 11) is 0. The maximum Gasteiger partial charge on any atom is 0.228 e. The van der Waals surface area contributed by atoms with Crippen molar-refractivity contribution in [2.45, 2.75) is 13.3 Å². The Bertz CT molecular complexity index is 905. The summed E-state index contributed by atoms with van der Waals surface area (Å²) >= 11 is 1.60. The third kappa shape index (κ3) is 2.78. The number of aryl methyl sites for hydroxylation is 1. The summed E-state index contributed by atoms with van der Waals surface area (Å²) in [4.78, 5) is 25.6. The summed E-state index contributed by atoms with van der Waals surface area (Å²) in [5, 5.41) is 6.87. The molecule has 0 atom stereocenters. The quantitative estimate of drug-likeness (QED) is 0.774. The first-order valence-electron chi connectivity index (χ1n) is 7.13. The molecule has 4 rings (SSSR count). The molecular weight excluding hydrogens is 310 g/mol. The maximum absolute atomic E-state index is 11.4. The molecule has 3 aromatic rings. The highest BCUT2D eigenvalue weighted by Gasteiger charge is 2.17. The molecule has 114 valence electrons. The van der Waals surface area contributed by atoms with E-state index in [1.165, 1.54) is 0 Å². The molecule has 2 aromatic heterocycles. The van der Waals surface area contributed by atoms with Crippen LogP contribution in [0.5, 0.6) is 0 Å². The lowest BCUT2D eigenvalue weighted by molar-refractivity contribution is -0.115. The van der Waals surface area contributed by atoms with Crippen LogP contribution in [-0.2, 0) is 11.2 Å². The van der Waals surface area contributed by atoms with Crippen LogP contribution in [0.15, 0.2) is 36.7 Å². The van der Waals surface area contributed by atoms with Gasteiger partial charge in [-0.05, 0) is 36.8 Å². The molecule has 23 heavy (non-hydrogen) atoms. The van der Waals surface area contributed by atoms with Crippen LogP contribution in [0.1, 0.15) is 10.4 Å². The molecule has 0 bridgehead atoms. The zero-order valence-corrected chi connectivity index (χ0v) is 13.1. The van der Waals surface area contributed by atoms with Crippen molar-refractivity contribution in [1.29, 1.82) is 0 Å². The third-order valence-electron chi connectivity index (χ3n) is 3.48. The van der Waals surface area contributed by atoms with Gasteiger partial charge in [0.05, 0.1) is 6.42 Å². The van der Waals surface area contributed by atoms with E-state index in [9.17, 15) is 4.79 Å². The van der Waals surface area contributed by atoms with E-state index >= 15 is 0 Å². The van der Waals surface area contributed by atoms with E-state index in [2.05, 4.69) is 25.6 Å². The molecule has 0 spiro atoms. The molecule has 3 heterocycles. The molecule has 0 unspecified atom stereocenters. The number of anilines is 3. The van der Waals surface area contributed by atoms with Gasteiger partial charge < -0.3 is 10.6 Å². The van der Waals surface area contributed by atoms with Gasteiger partial charge in [0, 0.05) is 28.6 Å². The fourth-order valence-corrected chi connectivity index (χ4v) is 3.18. The lowest BCUT2D eigenvalue weighted by Gasteiger charge is -2.07. The lowest BCUT2D eigenvalue weighted by Crippen LogP contribution is -2.03. The van der Waals surface area contributed by atoms with E-state index in [1.54, 1.807) is 17.5 Å². The summed E-state index contributed by atoms with van der Waals surface area (Å²) in [5.74, 6) is 0.530. The second-order valence-electron chi connectivity index (χ2n) is 5.26. The van der Waals surface area contributed by atoms with Crippen LogP contribution in [0, 0.1) is 6.92 Å². The number of amides is 1. The molecule has 0 fully saturated rings. The van der Waals surface area contributed by atoms with E-state index in [4.69, 9.17) is 0 Å². The standard InChI is InChI=1S/C16H13N5OS/c1-9-8-18-15(23-9)13-4-5-17-16(21-13)19-11-2-3-12-10(6-11)7-14(22)20-12/h2-6,8H,7H2,1H3,(H,20,22)(H,17,19,21). The van der Waals surface area contributed by atoms with Crippen molar-refractivity contribution in [3.8, 4) is 10.7 Å². The summed E-state index contributed by atoms with van der Waals surface area (Å²) in [6, 6.07) is 7.57. The van der Waals surface area contributed by atoms with Crippen molar-refractivity contribution in [2.24, 2.45) is 0 Å². The van der Waals surface area contributed by atoms with Crippen LogP contribution < -0.4 is 10.6 Å². The molecule has 1 amide bonds. The van der Waals surface area contributed by atoms with Gasteiger partial charge in [0.15, 0.2) is 0 Å². The average molecular weight is 323 g/mol. The monoisotopic (exact) mass is 323 g/mol. The Morgan fingerprint density at radius 3 is 3.00 bits per heavy atom. The minimum atomic E-state index is 0.0227. The van der Waals surface area contributed by atoms with Crippen LogP contribution in [0.25, 0.3) is 10.7 Å². The predicted molar refractivity (Wildman–Crippen MR) is 89.9 cm³/mol. The number of rotatable bonds is 3. The number of fused-ring (bicyclic) bond motifs is 1. The van der Waals surface area contributed by atoms with Crippen molar-refractivity contribution in [3.63, 3.8) is 0 Å². The normalized spacial score (nSPS) is 12.8. The van der Waals surface area contributed by atoms with Gasteiger partial charge in [-0.25, -0.2) is 15.0 Å². The van der Waals surface area contributed by atoms with Gasteiger partial charge in [-0.3, -0.25) is 4.79 Å². The SMILES string of the molecule is Cc1cnc(-c2ccnc(Nc3ccc4c(c3)CC(=O)N4)n2)s1. The molecule has 7 heteroatoms. The number of nitrogens with zero attached hydrogens (tertiary/aromatic N) is 3. The minimum absolute atomic E-state index is 0.0227.